The molecule has 0 atom stereocenters. The minimum absolute atomic E-state index is 0.217. The van der Waals surface area contributed by atoms with Crippen LogP contribution in [-0.4, -0.2) is 5.78 Å². The molecule has 0 aromatic rings. The van der Waals surface area contributed by atoms with E-state index in [4.69, 9.17) is 0 Å². The van der Waals surface area contributed by atoms with E-state index in [1.165, 1.54) is 18.4 Å². The van der Waals surface area contributed by atoms with Crippen LogP contribution in [0.1, 0.15) is 39.5 Å². The van der Waals surface area contributed by atoms with Gasteiger partial charge in [0, 0.05) is 0 Å². The van der Waals surface area contributed by atoms with Crippen molar-refractivity contribution in [3.8, 4) is 0 Å². The first-order valence-corrected chi connectivity index (χ1v) is 4.61. The van der Waals surface area contributed by atoms with E-state index in [-0.39, 0.29) is 5.78 Å². The number of carbonyl (C=O) groups is 1. The molecule has 0 bridgehead atoms. The minimum atomic E-state index is 0.217. The largest absolute Gasteiger partial charge is 0.290 e. The SMILES string of the molecule is C/C=C/C(=O)C1=C(C)CCCC1. The molecule has 0 heterocycles. The van der Waals surface area contributed by atoms with Gasteiger partial charge in [0.1, 0.15) is 0 Å². The van der Waals surface area contributed by atoms with Crippen molar-refractivity contribution in [2.45, 2.75) is 39.5 Å². The zero-order valence-electron chi connectivity index (χ0n) is 7.89. The molecular formula is C11H16O. The van der Waals surface area contributed by atoms with Gasteiger partial charge in [0.2, 0.25) is 0 Å². The van der Waals surface area contributed by atoms with Gasteiger partial charge in [-0.3, -0.25) is 4.79 Å². The number of hydrogen-bond acceptors (Lipinski definition) is 1. The standard InChI is InChI=1S/C11H16O/c1-3-6-11(12)10-8-5-4-7-9(10)2/h3,6H,4-5,7-8H2,1-2H3/b6-3+. The van der Waals surface area contributed by atoms with Gasteiger partial charge in [-0.25, -0.2) is 0 Å². The van der Waals surface area contributed by atoms with E-state index < -0.39 is 0 Å². The fraction of sp³-hybridized carbons (Fsp3) is 0.545. The van der Waals surface area contributed by atoms with Gasteiger partial charge >= 0.3 is 0 Å². The van der Waals surface area contributed by atoms with E-state index >= 15 is 0 Å². The van der Waals surface area contributed by atoms with Gasteiger partial charge in [-0.15, -0.1) is 0 Å². The number of rotatable bonds is 2. The molecule has 0 saturated heterocycles. The lowest BCUT2D eigenvalue weighted by molar-refractivity contribution is -0.111. The summed E-state index contributed by atoms with van der Waals surface area (Å²) in [6.07, 6.45) is 8.00. The summed E-state index contributed by atoms with van der Waals surface area (Å²) in [7, 11) is 0. The summed E-state index contributed by atoms with van der Waals surface area (Å²) in [5.74, 6) is 0.217. The molecule has 1 aliphatic carbocycles. The third-order valence-corrected chi connectivity index (χ3v) is 2.36. The third-order valence-electron chi connectivity index (χ3n) is 2.36. The van der Waals surface area contributed by atoms with E-state index in [0.717, 1.165) is 18.4 Å². The van der Waals surface area contributed by atoms with Crippen LogP contribution in [0.2, 0.25) is 0 Å². The molecule has 0 unspecified atom stereocenters. The monoisotopic (exact) mass is 164 g/mol. The van der Waals surface area contributed by atoms with Gasteiger partial charge in [-0.2, -0.15) is 0 Å². The molecule has 0 aromatic carbocycles. The van der Waals surface area contributed by atoms with Crippen LogP contribution in [0.4, 0.5) is 0 Å². The Morgan fingerprint density at radius 3 is 2.58 bits per heavy atom. The minimum Gasteiger partial charge on any atom is -0.290 e. The predicted octanol–water partition coefficient (Wildman–Crippen LogP) is 3.02. The molecule has 0 aliphatic heterocycles. The Morgan fingerprint density at radius 2 is 2.00 bits per heavy atom. The molecule has 1 aliphatic rings. The predicted molar refractivity (Wildman–Crippen MR) is 51.0 cm³/mol. The molecule has 0 aromatic heterocycles. The Morgan fingerprint density at radius 1 is 1.33 bits per heavy atom. The van der Waals surface area contributed by atoms with Crippen LogP contribution < -0.4 is 0 Å². The highest BCUT2D eigenvalue weighted by Gasteiger charge is 2.13. The highest BCUT2D eigenvalue weighted by Crippen LogP contribution is 2.24. The zero-order valence-corrected chi connectivity index (χ0v) is 7.89. The summed E-state index contributed by atoms with van der Waals surface area (Å²) in [5, 5.41) is 0. The maximum Gasteiger partial charge on any atom is 0.181 e. The smallest absolute Gasteiger partial charge is 0.181 e. The molecule has 1 nitrogen and oxygen atoms in total. The second-order valence-corrected chi connectivity index (χ2v) is 3.33. The second-order valence-electron chi connectivity index (χ2n) is 3.33. The van der Waals surface area contributed by atoms with Crippen molar-refractivity contribution in [3.05, 3.63) is 23.3 Å². The molecule has 1 rings (SSSR count). The normalized spacial score (nSPS) is 18.8. The molecule has 0 N–H and O–H groups in total. The number of allylic oxidation sites excluding steroid dienone is 4. The van der Waals surface area contributed by atoms with Crippen molar-refractivity contribution < 1.29 is 4.79 Å². The number of ketones is 1. The molecule has 0 spiro atoms. The highest BCUT2D eigenvalue weighted by molar-refractivity contribution is 6.04. The lowest BCUT2D eigenvalue weighted by Crippen LogP contribution is -2.06. The lowest BCUT2D eigenvalue weighted by atomic mass is 9.90. The maximum atomic E-state index is 11.5. The first kappa shape index (κ1) is 9.24. The van der Waals surface area contributed by atoms with Crippen molar-refractivity contribution in [1.29, 1.82) is 0 Å². The summed E-state index contributed by atoms with van der Waals surface area (Å²) in [5.41, 5.74) is 2.35. The van der Waals surface area contributed by atoms with Crippen LogP contribution in [0.3, 0.4) is 0 Å². The first-order chi connectivity index (χ1) is 5.75. The fourth-order valence-electron chi connectivity index (χ4n) is 1.64. The Bertz CT molecular complexity index is 233. The average Bonchev–Trinajstić information content (AvgIpc) is 2.05. The first-order valence-electron chi connectivity index (χ1n) is 4.61. The Kier molecular flexibility index (Phi) is 3.27. The fourth-order valence-corrected chi connectivity index (χ4v) is 1.64. The third kappa shape index (κ3) is 2.07. The van der Waals surface area contributed by atoms with Crippen LogP contribution in [-0.2, 0) is 4.79 Å². The van der Waals surface area contributed by atoms with Crippen molar-refractivity contribution in [3.63, 3.8) is 0 Å². The van der Waals surface area contributed by atoms with E-state index in [1.807, 2.05) is 13.0 Å². The van der Waals surface area contributed by atoms with E-state index in [2.05, 4.69) is 6.92 Å². The summed E-state index contributed by atoms with van der Waals surface area (Å²) in [6.45, 7) is 3.96. The van der Waals surface area contributed by atoms with Crippen LogP contribution in [0, 0.1) is 0 Å². The van der Waals surface area contributed by atoms with Gasteiger partial charge in [-0.05, 0) is 51.2 Å². The Hall–Kier alpha value is -0.850. The second kappa shape index (κ2) is 4.24. The molecular weight excluding hydrogens is 148 g/mol. The van der Waals surface area contributed by atoms with Crippen LogP contribution >= 0.6 is 0 Å². The Balaban J connectivity index is 2.77. The van der Waals surface area contributed by atoms with Gasteiger partial charge in [0.05, 0.1) is 0 Å². The molecule has 66 valence electrons. The topological polar surface area (TPSA) is 17.1 Å². The van der Waals surface area contributed by atoms with Crippen molar-refractivity contribution in [2.75, 3.05) is 0 Å². The van der Waals surface area contributed by atoms with Crippen LogP contribution in [0.15, 0.2) is 23.3 Å². The lowest BCUT2D eigenvalue weighted by Gasteiger charge is -2.14. The molecule has 0 amide bonds. The van der Waals surface area contributed by atoms with Crippen molar-refractivity contribution in [2.24, 2.45) is 0 Å². The zero-order chi connectivity index (χ0) is 8.97. The van der Waals surface area contributed by atoms with Gasteiger partial charge in [0.25, 0.3) is 0 Å². The summed E-state index contributed by atoms with van der Waals surface area (Å²) in [4.78, 5) is 11.5. The van der Waals surface area contributed by atoms with Crippen molar-refractivity contribution in [1.82, 2.24) is 0 Å². The van der Waals surface area contributed by atoms with Crippen LogP contribution in [0.5, 0.6) is 0 Å². The number of hydrogen-bond donors (Lipinski definition) is 0. The van der Waals surface area contributed by atoms with E-state index in [1.54, 1.807) is 6.08 Å². The molecule has 0 radical (unpaired) electrons. The van der Waals surface area contributed by atoms with E-state index in [9.17, 15) is 4.79 Å². The summed E-state index contributed by atoms with van der Waals surface area (Å²) in [6, 6.07) is 0. The highest BCUT2D eigenvalue weighted by atomic mass is 16.1. The quantitative estimate of drug-likeness (QED) is 0.573. The van der Waals surface area contributed by atoms with Gasteiger partial charge in [-0.1, -0.05) is 11.6 Å². The molecule has 12 heavy (non-hydrogen) atoms. The van der Waals surface area contributed by atoms with Gasteiger partial charge < -0.3 is 0 Å². The summed E-state index contributed by atoms with van der Waals surface area (Å²) >= 11 is 0. The van der Waals surface area contributed by atoms with Gasteiger partial charge in [0.15, 0.2) is 5.78 Å². The van der Waals surface area contributed by atoms with Crippen LogP contribution in [0.25, 0.3) is 0 Å². The average molecular weight is 164 g/mol. The maximum absolute atomic E-state index is 11.5. The molecule has 0 saturated carbocycles. The Labute approximate surface area is 74.2 Å². The molecule has 0 fully saturated rings. The number of carbonyl (C=O) groups excluding carboxylic acids is 1. The van der Waals surface area contributed by atoms with E-state index in [0.29, 0.717) is 0 Å². The van der Waals surface area contributed by atoms with Crippen molar-refractivity contribution >= 4 is 5.78 Å². The summed E-state index contributed by atoms with van der Waals surface area (Å²) < 4.78 is 0. The molecule has 1 heteroatoms.